The van der Waals surface area contributed by atoms with Gasteiger partial charge in [0.25, 0.3) is 0 Å². The summed E-state index contributed by atoms with van der Waals surface area (Å²) in [5.41, 5.74) is 5.39. The fourth-order valence-electron chi connectivity index (χ4n) is 2.69. The molecule has 25 heavy (non-hydrogen) atoms. The van der Waals surface area contributed by atoms with Crippen LogP contribution in [0.5, 0.6) is 0 Å². The molecule has 0 fully saturated rings. The summed E-state index contributed by atoms with van der Waals surface area (Å²) in [5, 5.41) is 6.05. The van der Waals surface area contributed by atoms with Gasteiger partial charge in [0, 0.05) is 36.3 Å². The van der Waals surface area contributed by atoms with Gasteiger partial charge < -0.3 is 10.1 Å². The van der Waals surface area contributed by atoms with Crippen LogP contribution in [0, 0.1) is 0 Å². The molecule has 1 aromatic carbocycles. The van der Waals surface area contributed by atoms with Gasteiger partial charge in [0.05, 0.1) is 5.69 Å². The smallest absolute Gasteiger partial charge is 0.182 e. The monoisotopic (exact) mass is 351 g/mol. The molecule has 0 aliphatic heterocycles. The van der Waals surface area contributed by atoms with E-state index in [0.717, 1.165) is 46.1 Å². The summed E-state index contributed by atoms with van der Waals surface area (Å²) in [6, 6.07) is 12.5. The molecular formula is C20H21N3OS. The average molecular weight is 351 g/mol. The van der Waals surface area contributed by atoms with E-state index in [0.29, 0.717) is 6.42 Å². The molecule has 0 bridgehead atoms. The van der Waals surface area contributed by atoms with Gasteiger partial charge in [-0.25, -0.2) is 4.98 Å². The van der Waals surface area contributed by atoms with Gasteiger partial charge in [-0.2, -0.15) is 0 Å². The number of pyridine rings is 1. The molecule has 0 amide bonds. The molecule has 0 aliphatic rings. The largest absolute Gasteiger partial charge is 0.365 e. The minimum absolute atomic E-state index is 0.230. The lowest BCUT2D eigenvalue weighted by Crippen LogP contribution is -1.95. The Kier molecular flexibility index (Phi) is 5.56. The molecule has 3 aromatic rings. The first kappa shape index (κ1) is 17.3. The summed E-state index contributed by atoms with van der Waals surface area (Å²) in [4.78, 5) is 20.1. The molecule has 128 valence electrons. The Hall–Kier alpha value is -2.53. The number of nitrogens with one attached hydrogen (secondary N) is 1. The molecular weight excluding hydrogens is 330 g/mol. The van der Waals surface area contributed by atoms with Crippen LogP contribution in [0.25, 0.3) is 22.4 Å². The second-order valence-corrected chi connectivity index (χ2v) is 6.82. The lowest BCUT2D eigenvalue weighted by Gasteiger charge is -2.06. The number of aryl methyl sites for hydroxylation is 1. The number of thiazole rings is 1. The summed E-state index contributed by atoms with van der Waals surface area (Å²) in [7, 11) is 1.88. The van der Waals surface area contributed by atoms with Gasteiger partial charge in [0.2, 0.25) is 0 Å². The Morgan fingerprint density at radius 3 is 2.72 bits per heavy atom. The zero-order chi connectivity index (χ0) is 17.6. The fourth-order valence-corrected chi connectivity index (χ4v) is 3.37. The van der Waals surface area contributed by atoms with E-state index in [1.807, 2.05) is 19.3 Å². The van der Waals surface area contributed by atoms with Crippen LogP contribution in [0.2, 0.25) is 0 Å². The Morgan fingerprint density at radius 2 is 1.96 bits per heavy atom. The van der Waals surface area contributed by atoms with Crippen molar-refractivity contribution in [2.75, 3.05) is 12.4 Å². The van der Waals surface area contributed by atoms with E-state index in [1.54, 1.807) is 18.3 Å². The molecule has 0 spiro atoms. The fraction of sp³-hybridized carbons (Fsp3) is 0.250. The highest BCUT2D eigenvalue weighted by Crippen LogP contribution is 2.29. The first-order valence-corrected chi connectivity index (χ1v) is 9.22. The van der Waals surface area contributed by atoms with Crippen LogP contribution in [-0.4, -0.2) is 22.8 Å². The maximum absolute atomic E-state index is 11.1. The Labute approximate surface area is 152 Å². The van der Waals surface area contributed by atoms with Gasteiger partial charge in [-0.15, -0.1) is 11.3 Å². The van der Waals surface area contributed by atoms with E-state index in [9.17, 15) is 4.79 Å². The molecule has 0 saturated carbocycles. The van der Waals surface area contributed by atoms with Gasteiger partial charge in [0.15, 0.2) is 5.13 Å². The van der Waals surface area contributed by atoms with Crippen molar-refractivity contribution in [2.45, 2.75) is 26.2 Å². The minimum Gasteiger partial charge on any atom is -0.365 e. The van der Waals surface area contributed by atoms with Crippen LogP contribution < -0.4 is 5.32 Å². The minimum atomic E-state index is 0.230. The number of hydrogen-bond acceptors (Lipinski definition) is 5. The summed E-state index contributed by atoms with van der Waals surface area (Å²) in [6.45, 7) is 1.63. The molecule has 5 heteroatoms. The highest BCUT2D eigenvalue weighted by molar-refractivity contribution is 7.14. The van der Waals surface area contributed by atoms with Crippen molar-refractivity contribution in [2.24, 2.45) is 0 Å². The van der Waals surface area contributed by atoms with E-state index in [1.165, 1.54) is 0 Å². The lowest BCUT2D eigenvalue weighted by atomic mass is 10.0. The van der Waals surface area contributed by atoms with Gasteiger partial charge in [-0.05, 0) is 49.1 Å². The Balaban J connectivity index is 1.82. The second-order valence-electron chi connectivity index (χ2n) is 5.96. The van der Waals surface area contributed by atoms with Gasteiger partial charge >= 0.3 is 0 Å². The number of nitrogens with zero attached hydrogens (tertiary/aromatic N) is 2. The maximum atomic E-state index is 11.1. The van der Waals surface area contributed by atoms with Crippen LogP contribution >= 0.6 is 11.3 Å². The molecule has 0 unspecified atom stereocenters. The van der Waals surface area contributed by atoms with Crippen molar-refractivity contribution in [3.05, 3.63) is 53.7 Å². The predicted octanol–water partition coefficient (Wildman–Crippen LogP) is 4.83. The van der Waals surface area contributed by atoms with Crippen molar-refractivity contribution in [1.29, 1.82) is 0 Å². The van der Waals surface area contributed by atoms with Crippen LogP contribution in [0.1, 0.15) is 25.5 Å². The standard InChI is InChI=1S/C20H21N3OS/c1-14(24)5-3-8-18-12-16(9-10-22-18)15-6-4-7-17(11-15)19-13-25-20(21-2)23-19/h4,6-7,9-13H,3,5,8H2,1-2H3,(H,21,23). The van der Waals surface area contributed by atoms with E-state index < -0.39 is 0 Å². The SMILES string of the molecule is CNc1nc(-c2cccc(-c3ccnc(CCCC(C)=O)c3)c2)cs1. The number of hydrogen-bond donors (Lipinski definition) is 1. The van der Waals surface area contributed by atoms with Crippen LogP contribution in [-0.2, 0) is 11.2 Å². The zero-order valence-corrected chi connectivity index (χ0v) is 15.3. The second kappa shape index (κ2) is 8.03. The number of benzene rings is 1. The highest BCUT2D eigenvalue weighted by Gasteiger charge is 2.07. The number of carbonyl (C=O) groups is 1. The summed E-state index contributed by atoms with van der Waals surface area (Å²) < 4.78 is 0. The highest BCUT2D eigenvalue weighted by atomic mass is 32.1. The summed E-state index contributed by atoms with van der Waals surface area (Å²) >= 11 is 1.60. The number of Topliss-reactive ketones (excluding diaryl/α,β-unsaturated/α-hetero) is 1. The Morgan fingerprint density at radius 1 is 1.16 bits per heavy atom. The van der Waals surface area contributed by atoms with E-state index in [-0.39, 0.29) is 5.78 Å². The van der Waals surface area contributed by atoms with Crippen molar-refractivity contribution in [1.82, 2.24) is 9.97 Å². The average Bonchev–Trinajstić information content (AvgIpc) is 3.11. The molecule has 2 heterocycles. The van der Waals surface area contributed by atoms with Crippen molar-refractivity contribution < 1.29 is 4.79 Å². The van der Waals surface area contributed by atoms with Gasteiger partial charge in [-0.1, -0.05) is 18.2 Å². The lowest BCUT2D eigenvalue weighted by molar-refractivity contribution is -0.117. The quantitative estimate of drug-likeness (QED) is 0.663. The number of anilines is 1. The van der Waals surface area contributed by atoms with Crippen molar-refractivity contribution in [3.8, 4) is 22.4 Å². The molecule has 0 radical (unpaired) electrons. The molecule has 4 nitrogen and oxygen atoms in total. The van der Waals surface area contributed by atoms with E-state index in [2.05, 4.69) is 51.0 Å². The maximum Gasteiger partial charge on any atom is 0.182 e. The summed E-state index contributed by atoms with van der Waals surface area (Å²) in [6.07, 6.45) is 4.12. The number of carbonyl (C=O) groups excluding carboxylic acids is 1. The number of ketones is 1. The van der Waals surface area contributed by atoms with E-state index in [4.69, 9.17) is 0 Å². The molecule has 0 atom stereocenters. The van der Waals surface area contributed by atoms with Crippen LogP contribution in [0.4, 0.5) is 5.13 Å². The van der Waals surface area contributed by atoms with Crippen molar-refractivity contribution >= 4 is 22.3 Å². The topological polar surface area (TPSA) is 54.9 Å². The molecule has 0 saturated heterocycles. The third-order valence-corrected chi connectivity index (χ3v) is 4.85. The van der Waals surface area contributed by atoms with Gasteiger partial charge in [-0.3, -0.25) is 4.98 Å². The number of rotatable bonds is 7. The first-order chi connectivity index (χ1) is 12.2. The normalized spacial score (nSPS) is 10.6. The van der Waals surface area contributed by atoms with Crippen molar-refractivity contribution in [3.63, 3.8) is 0 Å². The molecule has 1 N–H and O–H groups in total. The number of aromatic nitrogens is 2. The first-order valence-electron chi connectivity index (χ1n) is 8.34. The van der Waals surface area contributed by atoms with E-state index >= 15 is 0 Å². The van der Waals surface area contributed by atoms with Gasteiger partial charge in [0.1, 0.15) is 5.78 Å². The van der Waals surface area contributed by atoms with Crippen LogP contribution in [0.3, 0.4) is 0 Å². The third kappa shape index (κ3) is 4.51. The predicted molar refractivity (Wildman–Crippen MR) is 104 cm³/mol. The summed E-state index contributed by atoms with van der Waals surface area (Å²) in [5.74, 6) is 0.230. The molecule has 3 rings (SSSR count). The molecule has 2 aromatic heterocycles. The van der Waals surface area contributed by atoms with Crippen LogP contribution in [0.15, 0.2) is 48.0 Å². The Bertz CT molecular complexity index is 873. The third-order valence-electron chi connectivity index (χ3n) is 3.99. The zero-order valence-electron chi connectivity index (χ0n) is 14.5. The molecule has 0 aliphatic carbocycles.